The Morgan fingerprint density at radius 1 is 0.923 bits per heavy atom. The van der Waals surface area contributed by atoms with Crippen molar-refractivity contribution in [2.24, 2.45) is 0 Å². The highest BCUT2D eigenvalue weighted by Gasteiger charge is 2.10. The second-order valence-corrected chi connectivity index (χ2v) is 6.15. The number of hydrogen-bond acceptors (Lipinski definition) is 4. The van der Waals surface area contributed by atoms with Crippen LogP contribution < -0.4 is 15.4 Å². The molecule has 6 nitrogen and oxygen atoms in total. The normalized spacial score (nSPS) is 11.6. The number of amides is 2. The number of hydrogen-bond donors (Lipinski definition) is 2. The molecular formula is C20H24N2O4. The zero-order chi connectivity index (χ0) is 19.1. The summed E-state index contributed by atoms with van der Waals surface area (Å²) in [5, 5.41) is 5.38. The molecule has 0 aliphatic rings. The lowest BCUT2D eigenvalue weighted by molar-refractivity contribution is 0.0600. The van der Waals surface area contributed by atoms with Crippen molar-refractivity contribution in [1.82, 2.24) is 5.32 Å². The number of methoxy groups -OCH3 is 1. The molecule has 2 aromatic carbocycles. The average molecular weight is 356 g/mol. The molecule has 2 rings (SSSR count). The highest BCUT2D eigenvalue weighted by molar-refractivity contribution is 5.92. The van der Waals surface area contributed by atoms with Crippen molar-refractivity contribution in [1.29, 1.82) is 0 Å². The second kappa shape index (κ2) is 8.89. The van der Waals surface area contributed by atoms with Crippen LogP contribution in [0.4, 0.5) is 10.5 Å². The number of benzene rings is 2. The Hall–Kier alpha value is -3.02. The van der Waals surface area contributed by atoms with Gasteiger partial charge in [0.25, 0.3) is 0 Å². The molecule has 2 amide bonds. The smallest absolute Gasteiger partial charge is 0.337 e. The van der Waals surface area contributed by atoms with Gasteiger partial charge in [0.2, 0.25) is 0 Å². The lowest BCUT2D eigenvalue weighted by atomic mass is 10.0. The highest BCUT2D eigenvalue weighted by Crippen LogP contribution is 2.19. The minimum absolute atomic E-state index is 0.401. The zero-order valence-corrected chi connectivity index (χ0v) is 15.4. The van der Waals surface area contributed by atoms with Gasteiger partial charge in [-0.3, -0.25) is 0 Å². The largest absolute Gasteiger partial charge is 0.471 e. The standard InChI is InChI=1S/C20H24N2O4/c1-13(2)15-7-11-18(12-8-15)26-14(3)21-20(24)22-17-9-5-16(6-10-17)19(23)25-4/h5-14H,1-4H3,(H2,21,22,24). The van der Waals surface area contributed by atoms with Gasteiger partial charge in [0.15, 0.2) is 6.23 Å². The van der Waals surface area contributed by atoms with Crippen molar-refractivity contribution in [3.63, 3.8) is 0 Å². The first-order valence-corrected chi connectivity index (χ1v) is 8.41. The Bertz CT molecular complexity index is 739. The summed E-state index contributed by atoms with van der Waals surface area (Å²) < 4.78 is 10.3. The lowest BCUT2D eigenvalue weighted by Gasteiger charge is -2.17. The molecule has 0 radical (unpaired) electrons. The van der Waals surface area contributed by atoms with Gasteiger partial charge < -0.3 is 20.1 Å². The van der Waals surface area contributed by atoms with E-state index in [0.29, 0.717) is 22.9 Å². The molecule has 0 heterocycles. The van der Waals surface area contributed by atoms with Gasteiger partial charge in [-0.1, -0.05) is 26.0 Å². The monoisotopic (exact) mass is 356 g/mol. The van der Waals surface area contributed by atoms with Crippen LogP contribution in [0.1, 0.15) is 42.6 Å². The summed E-state index contributed by atoms with van der Waals surface area (Å²) in [6.07, 6.45) is -0.505. The number of carbonyl (C=O) groups excluding carboxylic acids is 2. The van der Waals surface area contributed by atoms with E-state index in [2.05, 4.69) is 29.2 Å². The van der Waals surface area contributed by atoms with Gasteiger partial charge in [0.05, 0.1) is 12.7 Å². The molecular weight excluding hydrogens is 332 g/mol. The fraction of sp³-hybridized carbons (Fsp3) is 0.300. The third-order valence-electron chi connectivity index (χ3n) is 3.76. The fourth-order valence-electron chi connectivity index (χ4n) is 2.32. The quantitative estimate of drug-likeness (QED) is 0.602. The molecule has 0 aliphatic heterocycles. The predicted octanol–water partition coefficient (Wildman–Crippen LogP) is 4.14. The number of rotatable bonds is 6. The van der Waals surface area contributed by atoms with E-state index >= 15 is 0 Å². The molecule has 138 valence electrons. The van der Waals surface area contributed by atoms with Crippen LogP contribution in [-0.4, -0.2) is 25.3 Å². The maximum absolute atomic E-state index is 12.0. The van der Waals surface area contributed by atoms with Crippen LogP contribution in [0, 0.1) is 0 Å². The maximum Gasteiger partial charge on any atom is 0.337 e. The summed E-state index contributed by atoms with van der Waals surface area (Å²) in [5.41, 5.74) is 2.20. The molecule has 0 aliphatic carbocycles. The van der Waals surface area contributed by atoms with Gasteiger partial charge in [-0.05, 0) is 54.8 Å². The Balaban J connectivity index is 1.85. The van der Waals surface area contributed by atoms with Gasteiger partial charge in [-0.2, -0.15) is 0 Å². The van der Waals surface area contributed by atoms with Crippen LogP contribution in [-0.2, 0) is 4.74 Å². The first-order valence-electron chi connectivity index (χ1n) is 8.41. The molecule has 0 bridgehead atoms. The van der Waals surface area contributed by atoms with Gasteiger partial charge >= 0.3 is 12.0 Å². The Morgan fingerprint density at radius 3 is 2.08 bits per heavy atom. The van der Waals surface area contributed by atoms with E-state index in [1.54, 1.807) is 31.2 Å². The highest BCUT2D eigenvalue weighted by atomic mass is 16.5. The van der Waals surface area contributed by atoms with Crippen molar-refractivity contribution in [2.75, 3.05) is 12.4 Å². The van der Waals surface area contributed by atoms with E-state index in [4.69, 9.17) is 4.74 Å². The Kier molecular flexibility index (Phi) is 6.60. The third-order valence-corrected chi connectivity index (χ3v) is 3.76. The molecule has 1 unspecified atom stereocenters. The molecule has 0 aromatic heterocycles. The molecule has 6 heteroatoms. The predicted molar refractivity (Wildman–Crippen MR) is 101 cm³/mol. The number of anilines is 1. The summed E-state index contributed by atoms with van der Waals surface area (Å²) in [7, 11) is 1.32. The average Bonchev–Trinajstić information content (AvgIpc) is 2.61. The fourth-order valence-corrected chi connectivity index (χ4v) is 2.32. The molecule has 0 saturated heterocycles. The molecule has 1 atom stereocenters. The van der Waals surface area contributed by atoms with Gasteiger partial charge in [0, 0.05) is 5.69 Å². The van der Waals surface area contributed by atoms with Crippen molar-refractivity contribution in [3.05, 3.63) is 59.7 Å². The van der Waals surface area contributed by atoms with Crippen LogP contribution in [0.25, 0.3) is 0 Å². The van der Waals surface area contributed by atoms with Gasteiger partial charge in [0.1, 0.15) is 5.75 Å². The minimum Gasteiger partial charge on any atom is -0.471 e. The SMILES string of the molecule is COC(=O)c1ccc(NC(=O)NC(C)Oc2ccc(C(C)C)cc2)cc1. The summed E-state index contributed by atoms with van der Waals surface area (Å²) in [4.78, 5) is 23.4. The Labute approximate surface area is 153 Å². The molecule has 0 saturated carbocycles. The molecule has 2 aromatic rings. The van der Waals surface area contributed by atoms with Crippen molar-refractivity contribution in [3.8, 4) is 5.75 Å². The molecule has 2 N–H and O–H groups in total. The molecule has 0 spiro atoms. The minimum atomic E-state index is -0.505. The van der Waals surface area contributed by atoms with Crippen LogP contribution in [0.2, 0.25) is 0 Å². The van der Waals surface area contributed by atoms with Gasteiger partial charge in [-0.25, -0.2) is 9.59 Å². The molecule has 0 fully saturated rings. The van der Waals surface area contributed by atoms with Crippen molar-refractivity contribution in [2.45, 2.75) is 32.9 Å². The van der Waals surface area contributed by atoms with Crippen LogP contribution in [0.3, 0.4) is 0 Å². The van der Waals surface area contributed by atoms with E-state index in [1.165, 1.54) is 12.7 Å². The maximum atomic E-state index is 12.0. The lowest BCUT2D eigenvalue weighted by Crippen LogP contribution is -2.39. The van der Waals surface area contributed by atoms with E-state index in [1.807, 2.05) is 24.3 Å². The summed E-state index contributed by atoms with van der Waals surface area (Å²) in [5.74, 6) is 0.715. The van der Waals surface area contributed by atoms with Crippen LogP contribution in [0.5, 0.6) is 5.75 Å². The summed E-state index contributed by atoms with van der Waals surface area (Å²) in [6, 6.07) is 13.8. The van der Waals surface area contributed by atoms with Gasteiger partial charge in [-0.15, -0.1) is 0 Å². The van der Waals surface area contributed by atoms with Crippen molar-refractivity contribution >= 4 is 17.7 Å². The number of esters is 1. The van der Waals surface area contributed by atoms with E-state index in [9.17, 15) is 9.59 Å². The Morgan fingerprint density at radius 2 is 1.54 bits per heavy atom. The summed E-state index contributed by atoms with van der Waals surface area (Å²) >= 11 is 0. The number of ether oxygens (including phenoxy) is 2. The first-order chi connectivity index (χ1) is 12.4. The second-order valence-electron chi connectivity index (χ2n) is 6.15. The van der Waals surface area contributed by atoms with E-state index in [-0.39, 0.29) is 0 Å². The van der Waals surface area contributed by atoms with Crippen LogP contribution in [0.15, 0.2) is 48.5 Å². The molecule has 26 heavy (non-hydrogen) atoms. The number of nitrogens with one attached hydrogen (secondary N) is 2. The first kappa shape index (κ1) is 19.3. The number of urea groups is 1. The zero-order valence-electron chi connectivity index (χ0n) is 15.4. The summed E-state index contributed by atoms with van der Waals surface area (Å²) in [6.45, 7) is 6.00. The topological polar surface area (TPSA) is 76.7 Å². The van der Waals surface area contributed by atoms with Crippen LogP contribution >= 0.6 is 0 Å². The third kappa shape index (κ3) is 5.51. The number of carbonyl (C=O) groups is 2. The van der Waals surface area contributed by atoms with Crippen molar-refractivity contribution < 1.29 is 19.1 Å². The van der Waals surface area contributed by atoms with E-state index in [0.717, 1.165) is 0 Å². The van der Waals surface area contributed by atoms with E-state index < -0.39 is 18.2 Å².